The highest BCUT2D eigenvalue weighted by atomic mass is 35.5. The van der Waals surface area contributed by atoms with Gasteiger partial charge in [-0.2, -0.15) is 0 Å². The minimum atomic E-state index is -0.408. The summed E-state index contributed by atoms with van der Waals surface area (Å²) in [4.78, 5) is 29.6. The molecule has 8 nitrogen and oxygen atoms in total. The van der Waals surface area contributed by atoms with Crippen LogP contribution in [0.15, 0.2) is 36.8 Å². The Kier molecular flexibility index (Phi) is 4.68. The third-order valence-electron chi connectivity index (χ3n) is 4.12. The highest BCUT2D eigenvalue weighted by Crippen LogP contribution is 2.22. The summed E-state index contributed by atoms with van der Waals surface area (Å²) in [6.07, 6.45) is 2.30. The van der Waals surface area contributed by atoms with Crippen molar-refractivity contribution in [2.24, 2.45) is 0 Å². The predicted molar refractivity (Wildman–Crippen MR) is 93.6 cm³/mol. The number of ether oxygens (including phenoxy) is 2. The molecule has 1 aliphatic heterocycles. The predicted octanol–water partition coefficient (Wildman–Crippen LogP) is 2.72. The first-order valence-electron chi connectivity index (χ1n) is 8.13. The van der Waals surface area contributed by atoms with Crippen molar-refractivity contribution in [1.29, 1.82) is 0 Å². The lowest BCUT2D eigenvalue weighted by molar-refractivity contribution is -0.0330. The molecule has 0 saturated carbocycles. The molecule has 3 heterocycles. The molecule has 1 atom stereocenters. The minimum absolute atomic E-state index is 0.126. The van der Waals surface area contributed by atoms with Crippen LogP contribution in [-0.2, 0) is 16.1 Å². The average molecular weight is 374 g/mol. The van der Waals surface area contributed by atoms with E-state index >= 15 is 0 Å². The van der Waals surface area contributed by atoms with Gasteiger partial charge in [0.2, 0.25) is 0 Å². The van der Waals surface area contributed by atoms with Gasteiger partial charge in [0, 0.05) is 17.1 Å². The van der Waals surface area contributed by atoms with Crippen molar-refractivity contribution in [2.45, 2.75) is 12.7 Å². The summed E-state index contributed by atoms with van der Waals surface area (Å²) in [5.41, 5.74) is 2.06. The average Bonchev–Trinajstić information content (AvgIpc) is 3.11. The van der Waals surface area contributed by atoms with E-state index < -0.39 is 6.09 Å². The molecule has 134 valence electrons. The number of aromatic amines is 1. The van der Waals surface area contributed by atoms with Crippen LogP contribution in [0.25, 0.3) is 11.2 Å². The maximum absolute atomic E-state index is 12.4. The Morgan fingerprint density at radius 2 is 2.31 bits per heavy atom. The molecule has 1 amide bonds. The number of carbonyl (C=O) groups excluding carboxylic acids is 1. The Balaban J connectivity index is 1.41. The van der Waals surface area contributed by atoms with E-state index in [2.05, 4.69) is 19.9 Å². The number of carbonyl (C=O) groups is 1. The summed E-state index contributed by atoms with van der Waals surface area (Å²) in [6, 6.07) is 7.27. The van der Waals surface area contributed by atoms with Crippen LogP contribution in [-0.4, -0.2) is 50.6 Å². The zero-order chi connectivity index (χ0) is 17.9. The number of amides is 1. The fourth-order valence-corrected chi connectivity index (χ4v) is 2.95. The number of hydrogen-bond acceptors (Lipinski definition) is 6. The number of morpholine rings is 1. The van der Waals surface area contributed by atoms with Crippen molar-refractivity contribution >= 4 is 28.9 Å². The number of halogens is 1. The summed E-state index contributed by atoms with van der Waals surface area (Å²) < 4.78 is 11.1. The third-order valence-corrected chi connectivity index (χ3v) is 4.49. The molecule has 1 N–H and O–H groups in total. The van der Waals surface area contributed by atoms with Crippen LogP contribution in [0.5, 0.6) is 0 Å². The SMILES string of the molecule is O=C(OCc1ccccc1Cl)N1CCO[C@H](c2nc3cncnc3[nH]2)C1. The summed E-state index contributed by atoms with van der Waals surface area (Å²) in [5.74, 6) is 0.615. The van der Waals surface area contributed by atoms with E-state index in [0.717, 1.165) is 5.56 Å². The van der Waals surface area contributed by atoms with Crippen molar-refractivity contribution in [3.8, 4) is 0 Å². The van der Waals surface area contributed by atoms with Gasteiger partial charge in [0.25, 0.3) is 0 Å². The van der Waals surface area contributed by atoms with E-state index in [-0.39, 0.29) is 12.7 Å². The van der Waals surface area contributed by atoms with E-state index in [1.165, 1.54) is 6.33 Å². The Morgan fingerprint density at radius 1 is 1.42 bits per heavy atom. The molecule has 26 heavy (non-hydrogen) atoms. The Bertz CT molecular complexity index is 898. The number of fused-ring (bicyclic) bond motifs is 1. The van der Waals surface area contributed by atoms with Crippen LogP contribution in [0.4, 0.5) is 4.79 Å². The smallest absolute Gasteiger partial charge is 0.410 e. The number of hydrogen-bond donors (Lipinski definition) is 1. The molecule has 4 rings (SSSR count). The normalized spacial score (nSPS) is 17.4. The van der Waals surface area contributed by atoms with Crippen molar-refractivity contribution in [1.82, 2.24) is 24.8 Å². The molecule has 1 aliphatic rings. The molecule has 0 spiro atoms. The molecule has 9 heteroatoms. The first-order valence-corrected chi connectivity index (χ1v) is 8.51. The molecule has 1 saturated heterocycles. The van der Waals surface area contributed by atoms with Gasteiger partial charge in [-0.15, -0.1) is 0 Å². The van der Waals surface area contributed by atoms with Crippen molar-refractivity contribution < 1.29 is 14.3 Å². The molecular weight excluding hydrogens is 358 g/mol. The molecule has 0 bridgehead atoms. The second-order valence-electron chi connectivity index (χ2n) is 5.83. The second-order valence-corrected chi connectivity index (χ2v) is 6.24. The fourth-order valence-electron chi connectivity index (χ4n) is 2.76. The number of H-pyrrole nitrogens is 1. The number of nitrogens with one attached hydrogen (secondary N) is 1. The van der Waals surface area contributed by atoms with Crippen LogP contribution < -0.4 is 0 Å². The van der Waals surface area contributed by atoms with Gasteiger partial charge in [-0.1, -0.05) is 29.8 Å². The lowest BCUT2D eigenvalue weighted by Gasteiger charge is -2.31. The highest BCUT2D eigenvalue weighted by molar-refractivity contribution is 6.31. The summed E-state index contributed by atoms with van der Waals surface area (Å²) in [6.45, 7) is 1.32. The summed E-state index contributed by atoms with van der Waals surface area (Å²) in [7, 11) is 0. The monoisotopic (exact) mass is 373 g/mol. The van der Waals surface area contributed by atoms with Crippen LogP contribution in [0, 0.1) is 0 Å². The van der Waals surface area contributed by atoms with E-state index in [1.807, 2.05) is 18.2 Å². The number of rotatable bonds is 3. The molecule has 0 aliphatic carbocycles. The van der Waals surface area contributed by atoms with Gasteiger partial charge >= 0.3 is 6.09 Å². The third kappa shape index (κ3) is 3.47. The lowest BCUT2D eigenvalue weighted by atomic mass is 10.2. The fraction of sp³-hybridized carbons (Fsp3) is 0.294. The summed E-state index contributed by atoms with van der Waals surface area (Å²) in [5, 5.41) is 0.573. The minimum Gasteiger partial charge on any atom is -0.444 e. The van der Waals surface area contributed by atoms with Gasteiger partial charge in [0.15, 0.2) is 5.65 Å². The lowest BCUT2D eigenvalue weighted by Crippen LogP contribution is -2.42. The molecular formula is C17H16ClN5O3. The van der Waals surface area contributed by atoms with Crippen molar-refractivity contribution in [3.63, 3.8) is 0 Å². The maximum atomic E-state index is 12.4. The van der Waals surface area contributed by atoms with Gasteiger partial charge in [-0.25, -0.2) is 19.7 Å². The number of nitrogens with zero attached hydrogens (tertiary/aromatic N) is 4. The Labute approximate surface area is 154 Å². The molecule has 0 unspecified atom stereocenters. The zero-order valence-corrected chi connectivity index (χ0v) is 14.5. The second kappa shape index (κ2) is 7.27. The van der Waals surface area contributed by atoms with Crippen LogP contribution in [0.1, 0.15) is 17.5 Å². The molecule has 3 aromatic rings. The quantitative estimate of drug-likeness (QED) is 0.758. The molecule has 1 fully saturated rings. The molecule has 2 aromatic heterocycles. The van der Waals surface area contributed by atoms with E-state index in [9.17, 15) is 4.79 Å². The van der Waals surface area contributed by atoms with E-state index in [0.29, 0.717) is 41.7 Å². The topological polar surface area (TPSA) is 93.2 Å². The largest absolute Gasteiger partial charge is 0.444 e. The number of benzene rings is 1. The van der Waals surface area contributed by atoms with Crippen molar-refractivity contribution in [3.05, 3.63) is 53.2 Å². The van der Waals surface area contributed by atoms with Crippen LogP contribution in [0.3, 0.4) is 0 Å². The van der Waals surface area contributed by atoms with Gasteiger partial charge in [0.1, 0.15) is 30.4 Å². The number of aromatic nitrogens is 4. The van der Waals surface area contributed by atoms with Gasteiger partial charge in [-0.05, 0) is 6.07 Å². The Morgan fingerprint density at radius 3 is 3.15 bits per heavy atom. The van der Waals surface area contributed by atoms with E-state index in [1.54, 1.807) is 17.2 Å². The summed E-state index contributed by atoms with van der Waals surface area (Å²) >= 11 is 6.09. The number of imidazole rings is 1. The van der Waals surface area contributed by atoms with Gasteiger partial charge in [-0.3, -0.25) is 0 Å². The van der Waals surface area contributed by atoms with Gasteiger partial charge in [0.05, 0.1) is 19.3 Å². The van der Waals surface area contributed by atoms with Crippen LogP contribution in [0.2, 0.25) is 5.02 Å². The van der Waals surface area contributed by atoms with Gasteiger partial charge < -0.3 is 19.4 Å². The maximum Gasteiger partial charge on any atom is 0.410 e. The first kappa shape index (κ1) is 16.7. The van der Waals surface area contributed by atoms with Crippen molar-refractivity contribution in [2.75, 3.05) is 19.7 Å². The highest BCUT2D eigenvalue weighted by Gasteiger charge is 2.28. The molecule has 1 aromatic carbocycles. The first-order chi connectivity index (χ1) is 12.7. The van der Waals surface area contributed by atoms with E-state index in [4.69, 9.17) is 21.1 Å². The van der Waals surface area contributed by atoms with Crippen LogP contribution >= 0.6 is 11.6 Å². The zero-order valence-electron chi connectivity index (χ0n) is 13.8. The standard InChI is InChI=1S/C17H16ClN5O3/c18-12-4-2-1-3-11(12)9-26-17(24)23-5-6-25-14(8-23)16-21-13-7-19-10-20-15(13)22-16/h1-4,7,10,14H,5-6,8-9H2,(H,19,20,21,22)/t14-/m0/s1. The molecule has 0 radical (unpaired) electrons. The Hall–Kier alpha value is -2.71.